The van der Waals surface area contributed by atoms with Crippen molar-refractivity contribution in [3.8, 4) is 5.75 Å². The fraction of sp³-hybridized carbons (Fsp3) is 0.263. The molecule has 3 rings (SSSR count). The number of amides is 2. The molecule has 0 aliphatic carbocycles. The number of ether oxygens (including phenoxy) is 1. The van der Waals surface area contributed by atoms with Crippen LogP contribution in [0.2, 0.25) is 0 Å². The molecule has 1 heterocycles. The van der Waals surface area contributed by atoms with E-state index in [2.05, 4.69) is 0 Å². The number of hydrogen-bond acceptors (Lipinski definition) is 3. The van der Waals surface area contributed by atoms with E-state index >= 15 is 0 Å². The minimum absolute atomic E-state index is 0.0394. The Kier molecular flexibility index (Phi) is 4.88. The van der Waals surface area contributed by atoms with Crippen LogP contribution in [0.1, 0.15) is 11.1 Å². The van der Waals surface area contributed by atoms with E-state index in [-0.39, 0.29) is 19.1 Å². The smallest absolute Gasteiger partial charge is 0.407 e. The molecule has 25 heavy (non-hydrogen) atoms. The van der Waals surface area contributed by atoms with Crippen LogP contribution in [0.5, 0.6) is 5.75 Å². The van der Waals surface area contributed by atoms with Crippen LogP contribution in [-0.4, -0.2) is 42.2 Å². The first-order valence-electron chi connectivity index (χ1n) is 8.09. The number of carboxylic acid groups (broad SMARTS) is 1. The zero-order chi connectivity index (χ0) is 17.8. The second kappa shape index (κ2) is 7.25. The predicted molar refractivity (Wildman–Crippen MR) is 93.9 cm³/mol. The molecule has 0 saturated heterocycles. The molecule has 0 radical (unpaired) electrons. The fourth-order valence-electron chi connectivity index (χ4n) is 2.83. The SMILES string of the molecule is CN(CCOc1cccc2c1CC(=O)N2Cc1ccccc1)C(=O)O. The Morgan fingerprint density at radius 2 is 1.96 bits per heavy atom. The summed E-state index contributed by atoms with van der Waals surface area (Å²) in [6, 6.07) is 15.4. The Morgan fingerprint density at radius 3 is 2.68 bits per heavy atom. The Morgan fingerprint density at radius 1 is 1.20 bits per heavy atom. The lowest BCUT2D eigenvalue weighted by Crippen LogP contribution is -2.29. The van der Waals surface area contributed by atoms with Gasteiger partial charge in [0.1, 0.15) is 12.4 Å². The molecule has 0 spiro atoms. The van der Waals surface area contributed by atoms with Gasteiger partial charge in [0.05, 0.1) is 25.2 Å². The van der Waals surface area contributed by atoms with Crippen LogP contribution in [-0.2, 0) is 17.8 Å². The van der Waals surface area contributed by atoms with Crippen LogP contribution < -0.4 is 9.64 Å². The normalized spacial score (nSPS) is 12.8. The van der Waals surface area contributed by atoms with Crippen LogP contribution in [0, 0.1) is 0 Å². The number of rotatable bonds is 6. The highest BCUT2D eigenvalue weighted by atomic mass is 16.5. The van der Waals surface area contributed by atoms with E-state index < -0.39 is 6.09 Å². The molecule has 0 bridgehead atoms. The molecule has 0 atom stereocenters. The van der Waals surface area contributed by atoms with Gasteiger partial charge in [-0.2, -0.15) is 0 Å². The van der Waals surface area contributed by atoms with Crippen molar-refractivity contribution < 1.29 is 19.4 Å². The minimum Gasteiger partial charge on any atom is -0.491 e. The molecule has 0 saturated carbocycles. The van der Waals surface area contributed by atoms with E-state index in [4.69, 9.17) is 9.84 Å². The number of benzene rings is 2. The third-order valence-electron chi connectivity index (χ3n) is 4.22. The third-order valence-corrected chi connectivity index (χ3v) is 4.22. The van der Waals surface area contributed by atoms with Crippen molar-refractivity contribution in [2.45, 2.75) is 13.0 Å². The van der Waals surface area contributed by atoms with Crippen LogP contribution in [0.4, 0.5) is 10.5 Å². The van der Waals surface area contributed by atoms with Crippen molar-refractivity contribution in [3.63, 3.8) is 0 Å². The van der Waals surface area contributed by atoms with Crippen LogP contribution in [0.25, 0.3) is 0 Å². The van der Waals surface area contributed by atoms with Gasteiger partial charge in [0, 0.05) is 12.6 Å². The molecule has 0 aromatic heterocycles. The first kappa shape index (κ1) is 16.8. The summed E-state index contributed by atoms with van der Waals surface area (Å²) in [5.41, 5.74) is 2.79. The van der Waals surface area contributed by atoms with Gasteiger partial charge < -0.3 is 19.6 Å². The highest BCUT2D eigenvalue weighted by Crippen LogP contribution is 2.36. The summed E-state index contributed by atoms with van der Waals surface area (Å²) in [5.74, 6) is 0.678. The highest BCUT2D eigenvalue weighted by Gasteiger charge is 2.29. The lowest BCUT2D eigenvalue weighted by atomic mass is 10.1. The number of nitrogens with zero attached hydrogens (tertiary/aromatic N) is 2. The van der Waals surface area contributed by atoms with E-state index in [1.165, 1.54) is 7.05 Å². The maximum atomic E-state index is 12.4. The second-order valence-corrected chi connectivity index (χ2v) is 5.95. The van der Waals surface area contributed by atoms with Gasteiger partial charge >= 0.3 is 6.09 Å². The molecular weight excluding hydrogens is 320 g/mol. The molecule has 1 aliphatic heterocycles. The van der Waals surface area contributed by atoms with Gasteiger partial charge in [0.15, 0.2) is 0 Å². The summed E-state index contributed by atoms with van der Waals surface area (Å²) in [7, 11) is 1.49. The standard InChI is InChI=1S/C19H20N2O4/c1-20(19(23)24)10-11-25-17-9-5-8-16-15(17)12-18(22)21(16)13-14-6-3-2-4-7-14/h2-9H,10-13H2,1H3,(H,23,24). The zero-order valence-corrected chi connectivity index (χ0v) is 14.0. The molecular formula is C19H20N2O4. The predicted octanol–water partition coefficient (Wildman–Crippen LogP) is 2.76. The first-order chi connectivity index (χ1) is 12.1. The summed E-state index contributed by atoms with van der Waals surface area (Å²) in [5, 5.41) is 8.86. The van der Waals surface area contributed by atoms with Crippen molar-refractivity contribution in [3.05, 3.63) is 59.7 Å². The summed E-state index contributed by atoms with van der Waals surface area (Å²) in [4.78, 5) is 26.2. The van der Waals surface area contributed by atoms with Crippen molar-refractivity contribution >= 4 is 17.7 Å². The van der Waals surface area contributed by atoms with Crippen LogP contribution >= 0.6 is 0 Å². The number of carbonyl (C=O) groups excluding carboxylic acids is 1. The molecule has 6 heteroatoms. The highest BCUT2D eigenvalue weighted by molar-refractivity contribution is 6.02. The summed E-state index contributed by atoms with van der Waals surface area (Å²) in [6.07, 6.45) is -0.696. The summed E-state index contributed by atoms with van der Waals surface area (Å²) >= 11 is 0. The van der Waals surface area contributed by atoms with Gasteiger partial charge in [-0.05, 0) is 17.7 Å². The minimum atomic E-state index is -0.994. The van der Waals surface area contributed by atoms with Crippen LogP contribution in [0.15, 0.2) is 48.5 Å². The quantitative estimate of drug-likeness (QED) is 0.878. The zero-order valence-electron chi connectivity index (χ0n) is 14.0. The van der Waals surface area contributed by atoms with E-state index in [1.54, 1.807) is 4.90 Å². The lowest BCUT2D eigenvalue weighted by Gasteiger charge is -2.18. The number of carbonyl (C=O) groups is 2. The first-order valence-corrected chi connectivity index (χ1v) is 8.09. The average molecular weight is 340 g/mol. The maximum Gasteiger partial charge on any atom is 0.407 e. The van der Waals surface area contributed by atoms with Gasteiger partial charge in [-0.3, -0.25) is 4.79 Å². The van der Waals surface area contributed by atoms with Gasteiger partial charge in [-0.1, -0.05) is 36.4 Å². The van der Waals surface area contributed by atoms with Gasteiger partial charge in [0.2, 0.25) is 5.91 Å². The molecule has 2 aromatic carbocycles. The second-order valence-electron chi connectivity index (χ2n) is 5.95. The Bertz CT molecular complexity index is 776. The summed E-state index contributed by atoms with van der Waals surface area (Å²) in [6.45, 7) is 1.03. The third kappa shape index (κ3) is 3.74. The number of anilines is 1. The van der Waals surface area contributed by atoms with E-state index in [0.29, 0.717) is 18.7 Å². The van der Waals surface area contributed by atoms with E-state index in [9.17, 15) is 9.59 Å². The Labute approximate surface area is 146 Å². The average Bonchev–Trinajstić information content (AvgIpc) is 2.92. The van der Waals surface area contributed by atoms with Crippen molar-refractivity contribution in [2.24, 2.45) is 0 Å². The van der Waals surface area contributed by atoms with Crippen molar-refractivity contribution in [2.75, 3.05) is 25.1 Å². The molecule has 1 aliphatic rings. The van der Waals surface area contributed by atoms with Crippen LogP contribution in [0.3, 0.4) is 0 Å². The molecule has 2 aromatic rings. The Balaban J connectivity index is 1.73. The summed E-state index contributed by atoms with van der Waals surface area (Å²) < 4.78 is 5.73. The van der Waals surface area contributed by atoms with E-state index in [1.807, 2.05) is 48.5 Å². The number of fused-ring (bicyclic) bond motifs is 1. The lowest BCUT2D eigenvalue weighted by molar-refractivity contribution is -0.117. The number of likely N-dealkylation sites (N-methyl/N-ethyl adjacent to an activating group) is 1. The molecule has 2 amide bonds. The van der Waals surface area contributed by atoms with Gasteiger partial charge in [-0.15, -0.1) is 0 Å². The monoisotopic (exact) mass is 340 g/mol. The molecule has 0 unspecified atom stereocenters. The Hall–Kier alpha value is -3.02. The van der Waals surface area contributed by atoms with Crippen molar-refractivity contribution in [1.82, 2.24) is 4.90 Å². The van der Waals surface area contributed by atoms with E-state index in [0.717, 1.165) is 21.7 Å². The largest absolute Gasteiger partial charge is 0.491 e. The molecule has 0 fully saturated rings. The molecule has 6 nitrogen and oxygen atoms in total. The maximum absolute atomic E-state index is 12.4. The molecule has 130 valence electrons. The van der Waals surface area contributed by atoms with Crippen molar-refractivity contribution in [1.29, 1.82) is 0 Å². The molecule has 1 N–H and O–H groups in total. The van der Waals surface area contributed by atoms with Gasteiger partial charge in [-0.25, -0.2) is 4.79 Å². The van der Waals surface area contributed by atoms with Gasteiger partial charge in [0.25, 0.3) is 0 Å². The topological polar surface area (TPSA) is 70.1 Å². The number of hydrogen-bond donors (Lipinski definition) is 1. The fourth-order valence-corrected chi connectivity index (χ4v) is 2.83.